The van der Waals surface area contributed by atoms with Gasteiger partial charge in [-0.05, 0) is 119 Å². The second kappa shape index (κ2) is 10.9. The van der Waals surface area contributed by atoms with Crippen molar-refractivity contribution < 1.29 is 13.2 Å². The first-order valence-electron chi connectivity index (χ1n) is 16.2. The SMILES string of the molecule is Cc1ccc2c(c1)c1cc(C)ccc1n2-c1cc(C#N)cc(-n2c3ccc(C)cc3c3cc(C)ccc32)c1-c1ccc(C(F)(F)F)cc1C. The molecule has 0 aliphatic carbocycles. The normalized spacial score (nSPS) is 12.1. The molecule has 0 unspecified atom stereocenters. The molecular formula is C43H32F3N3. The maximum absolute atomic E-state index is 14.0. The van der Waals surface area contributed by atoms with E-state index in [0.717, 1.165) is 88.9 Å². The standard InChI is InChI=1S/C43H32F3N3/c1-24-6-12-36-32(16-24)33-17-25(2)7-13-37(33)48(36)40-21-29(23-47)22-41(42(40)31-11-10-30(20-28(31)5)43(44,45)46)49-38-14-8-26(3)18-34(38)35-19-27(4)9-15-39(35)49/h6-22H,1-5H3. The highest BCUT2D eigenvalue weighted by molar-refractivity contribution is 6.12. The smallest absolute Gasteiger partial charge is 0.308 e. The van der Waals surface area contributed by atoms with E-state index in [2.05, 4.69) is 116 Å². The molecule has 2 aromatic heterocycles. The van der Waals surface area contributed by atoms with E-state index in [4.69, 9.17) is 0 Å². The predicted molar refractivity (Wildman–Crippen MR) is 194 cm³/mol. The molecule has 6 heteroatoms. The van der Waals surface area contributed by atoms with Crippen molar-refractivity contribution in [3.05, 3.63) is 142 Å². The van der Waals surface area contributed by atoms with Crippen molar-refractivity contribution in [3.8, 4) is 28.6 Å². The van der Waals surface area contributed by atoms with Gasteiger partial charge >= 0.3 is 6.18 Å². The lowest BCUT2D eigenvalue weighted by molar-refractivity contribution is -0.137. The lowest BCUT2D eigenvalue weighted by Crippen LogP contribution is -2.08. The number of benzene rings is 6. The number of nitrogens with zero attached hydrogens (tertiary/aromatic N) is 3. The van der Waals surface area contributed by atoms with E-state index in [1.807, 2.05) is 12.1 Å². The Labute approximate surface area is 282 Å². The Kier molecular flexibility index (Phi) is 6.77. The van der Waals surface area contributed by atoms with Crippen LogP contribution < -0.4 is 0 Å². The highest BCUT2D eigenvalue weighted by Gasteiger charge is 2.31. The molecular weight excluding hydrogens is 615 g/mol. The van der Waals surface area contributed by atoms with Crippen LogP contribution in [0.15, 0.2) is 103 Å². The van der Waals surface area contributed by atoms with Crippen molar-refractivity contribution in [2.45, 2.75) is 40.8 Å². The molecule has 0 spiro atoms. The van der Waals surface area contributed by atoms with E-state index in [-0.39, 0.29) is 0 Å². The minimum absolute atomic E-state index is 0.446. The van der Waals surface area contributed by atoms with Crippen LogP contribution in [0.2, 0.25) is 0 Å². The fraction of sp³-hybridized carbons (Fsp3) is 0.140. The van der Waals surface area contributed by atoms with Crippen molar-refractivity contribution in [2.24, 2.45) is 0 Å². The minimum Gasteiger partial charge on any atom is -0.308 e. The molecule has 3 nitrogen and oxygen atoms in total. The highest BCUT2D eigenvalue weighted by atomic mass is 19.4. The van der Waals surface area contributed by atoms with Crippen LogP contribution in [-0.2, 0) is 6.18 Å². The third-order valence-corrected chi connectivity index (χ3v) is 9.68. The van der Waals surface area contributed by atoms with Crippen molar-refractivity contribution in [2.75, 3.05) is 0 Å². The Morgan fingerprint density at radius 2 is 0.898 bits per heavy atom. The maximum atomic E-state index is 14.0. The molecule has 0 atom stereocenters. The quantitative estimate of drug-likeness (QED) is 0.188. The van der Waals surface area contributed by atoms with Crippen LogP contribution in [0.1, 0.15) is 38.9 Å². The van der Waals surface area contributed by atoms with E-state index in [1.54, 1.807) is 13.0 Å². The summed E-state index contributed by atoms with van der Waals surface area (Å²) in [7, 11) is 0. The number of halogens is 3. The van der Waals surface area contributed by atoms with Crippen LogP contribution in [0.25, 0.3) is 66.1 Å². The van der Waals surface area contributed by atoms with Gasteiger partial charge in [0.15, 0.2) is 0 Å². The van der Waals surface area contributed by atoms with Gasteiger partial charge in [-0.3, -0.25) is 0 Å². The summed E-state index contributed by atoms with van der Waals surface area (Å²) in [6, 6.07) is 35.4. The molecule has 0 aliphatic rings. The van der Waals surface area contributed by atoms with Gasteiger partial charge in [-0.1, -0.05) is 52.6 Å². The number of alkyl halides is 3. The second-order valence-electron chi connectivity index (χ2n) is 13.3. The number of aromatic nitrogens is 2. The molecule has 8 rings (SSSR count). The summed E-state index contributed by atoms with van der Waals surface area (Å²) < 4.78 is 46.3. The zero-order chi connectivity index (χ0) is 34.4. The van der Waals surface area contributed by atoms with Crippen molar-refractivity contribution in [3.63, 3.8) is 0 Å². The minimum atomic E-state index is -4.48. The summed E-state index contributed by atoms with van der Waals surface area (Å²) in [5.74, 6) is 0. The summed E-state index contributed by atoms with van der Waals surface area (Å²) in [5, 5.41) is 14.8. The molecule has 0 aliphatic heterocycles. The fourth-order valence-electron chi connectivity index (χ4n) is 7.45. The van der Waals surface area contributed by atoms with Crippen LogP contribution in [0.4, 0.5) is 13.2 Å². The maximum Gasteiger partial charge on any atom is 0.416 e. The van der Waals surface area contributed by atoms with E-state index in [1.165, 1.54) is 6.07 Å². The first-order chi connectivity index (χ1) is 23.4. The third kappa shape index (κ3) is 4.80. The zero-order valence-electron chi connectivity index (χ0n) is 27.8. The molecule has 0 amide bonds. The fourth-order valence-corrected chi connectivity index (χ4v) is 7.45. The van der Waals surface area contributed by atoms with Gasteiger partial charge in [0, 0.05) is 27.1 Å². The van der Waals surface area contributed by atoms with E-state index in [0.29, 0.717) is 16.7 Å². The Balaban J connectivity index is 1.60. The largest absolute Gasteiger partial charge is 0.416 e. The molecule has 240 valence electrons. The van der Waals surface area contributed by atoms with Crippen LogP contribution in [0, 0.1) is 45.9 Å². The van der Waals surface area contributed by atoms with Crippen molar-refractivity contribution >= 4 is 43.6 Å². The van der Waals surface area contributed by atoms with Crippen LogP contribution in [0.3, 0.4) is 0 Å². The number of nitriles is 1. The van der Waals surface area contributed by atoms with E-state index < -0.39 is 11.7 Å². The first kappa shape index (κ1) is 30.5. The molecule has 0 N–H and O–H groups in total. The van der Waals surface area contributed by atoms with Gasteiger partial charge in [0.2, 0.25) is 0 Å². The summed E-state index contributed by atoms with van der Waals surface area (Å²) in [6.45, 7) is 9.99. The summed E-state index contributed by atoms with van der Waals surface area (Å²) in [4.78, 5) is 0. The Morgan fingerprint density at radius 1 is 0.510 bits per heavy atom. The lowest BCUT2D eigenvalue weighted by Gasteiger charge is -2.22. The Hall–Kier alpha value is -5.80. The Bertz CT molecular complexity index is 2450. The van der Waals surface area contributed by atoms with Crippen LogP contribution in [0.5, 0.6) is 0 Å². The van der Waals surface area contributed by atoms with Gasteiger partial charge in [0.25, 0.3) is 0 Å². The lowest BCUT2D eigenvalue weighted by atomic mass is 9.93. The summed E-state index contributed by atoms with van der Waals surface area (Å²) >= 11 is 0. The highest BCUT2D eigenvalue weighted by Crippen LogP contribution is 2.45. The van der Waals surface area contributed by atoms with Crippen LogP contribution in [-0.4, -0.2) is 9.13 Å². The summed E-state index contributed by atoms with van der Waals surface area (Å²) in [6.07, 6.45) is -4.48. The number of rotatable bonds is 3. The van der Waals surface area contributed by atoms with Gasteiger partial charge in [-0.2, -0.15) is 18.4 Å². The summed E-state index contributed by atoms with van der Waals surface area (Å²) in [5.41, 5.74) is 11.4. The average molecular weight is 648 g/mol. The van der Waals surface area contributed by atoms with Gasteiger partial charge in [0.1, 0.15) is 0 Å². The number of hydrogen-bond donors (Lipinski definition) is 0. The van der Waals surface area contributed by atoms with E-state index >= 15 is 0 Å². The molecule has 2 heterocycles. The predicted octanol–water partition coefficient (Wildman–Crippen LogP) is 12.0. The third-order valence-electron chi connectivity index (χ3n) is 9.68. The van der Waals surface area contributed by atoms with E-state index in [9.17, 15) is 18.4 Å². The zero-order valence-corrected chi connectivity index (χ0v) is 27.8. The van der Waals surface area contributed by atoms with Gasteiger partial charge in [0.05, 0.1) is 50.6 Å². The van der Waals surface area contributed by atoms with Gasteiger partial charge in [-0.15, -0.1) is 0 Å². The molecule has 0 bridgehead atoms. The molecule has 0 saturated heterocycles. The molecule has 0 radical (unpaired) electrons. The Morgan fingerprint density at radius 3 is 1.22 bits per heavy atom. The second-order valence-corrected chi connectivity index (χ2v) is 13.3. The molecule has 0 fully saturated rings. The van der Waals surface area contributed by atoms with Gasteiger partial charge in [-0.25, -0.2) is 0 Å². The molecule has 49 heavy (non-hydrogen) atoms. The number of fused-ring (bicyclic) bond motifs is 6. The topological polar surface area (TPSA) is 33.6 Å². The van der Waals surface area contributed by atoms with Crippen LogP contribution >= 0.6 is 0 Å². The number of hydrogen-bond acceptors (Lipinski definition) is 1. The van der Waals surface area contributed by atoms with Gasteiger partial charge < -0.3 is 9.13 Å². The molecule has 8 aromatic rings. The van der Waals surface area contributed by atoms with Crippen molar-refractivity contribution in [1.82, 2.24) is 9.13 Å². The first-order valence-corrected chi connectivity index (χ1v) is 16.2. The average Bonchev–Trinajstić information content (AvgIpc) is 3.54. The van der Waals surface area contributed by atoms with Crippen molar-refractivity contribution in [1.29, 1.82) is 5.26 Å². The monoisotopic (exact) mass is 647 g/mol. The molecule has 0 saturated carbocycles. The molecule has 6 aromatic carbocycles. The number of aryl methyl sites for hydroxylation is 5.